The number of halogens is 1. The van der Waals surface area contributed by atoms with Gasteiger partial charge in [0.25, 0.3) is 0 Å². The molecule has 2 fully saturated rings. The highest BCUT2D eigenvalue weighted by atomic mass is 127. The summed E-state index contributed by atoms with van der Waals surface area (Å²) in [4.78, 5) is 53.7. The van der Waals surface area contributed by atoms with E-state index in [0.717, 1.165) is 12.8 Å². The highest BCUT2D eigenvalue weighted by Crippen LogP contribution is 2.36. The van der Waals surface area contributed by atoms with Gasteiger partial charge in [0, 0.05) is 43.4 Å². The maximum atomic E-state index is 11.9. The van der Waals surface area contributed by atoms with Crippen LogP contribution in [-0.4, -0.2) is 68.4 Å². The first-order chi connectivity index (χ1) is 15.7. The van der Waals surface area contributed by atoms with E-state index in [9.17, 15) is 14.4 Å². The SMILES string of the molecule is CC(=O)OCC1OC(n2cnc3c(NOC4CC4)nc(I)nc32)C(OC(C)=O)C1OC(C)=O. The number of nitrogens with zero attached hydrogens (tertiary/aromatic N) is 4. The van der Waals surface area contributed by atoms with Crippen molar-refractivity contribution in [3.05, 3.63) is 10.2 Å². The summed E-state index contributed by atoms with van der Waals surface area (Å²) in [5, 5.41) is 0. The summed E-state index contributed by atoms with van der Waals surface area (Å²) in [5.74, 6) is -1.36. The number of carbonyl (C=O) groups excluding carboxylic acids is 3. The average molecular weight is 575 g/mol. The molecule has 0 amide bonds. The van der Waals surface area contributed by atoms with Crippen LogP contribution >= 0.6 is 22.6 Å². The van der Waals surface area contributed by atoms with E-state index < -0.39 is 42.4 Å². The molecule has 1 aliphatic heterocycles. The van der Waals surface area contributed by atoms with Gasteiger partial charge in [-0.2, -0.15) is 0 Å². The molecule has 178 valence electrons. The summed E-state index contributed by atoms with van der Waals surface area (Å²) in [6, 6.07) is 0. The first kappa shape index (κ1) is 23.6. The number of hydrogen-bond acceptors (Lipinski definition) is 12. The van der Waals surface area contributed by atoms with Crippen LogP contribution < -0.4 is 5.48 Å². The topological polar surface area (TPSA) is 153 Å². The summed E-state index contributed by atoms with van der Waals surface area (Å²) in [7, 11) is 0. The van der Waals surface area contributed by atoms with Crippen LogP contribution in [0.4, 0.5) is 5.82 Å². The number of aromatic nitrogens is 4. The van der Waals surface area contributed by atoms with Gasteiger partial charge >= 0.3 is 17.9 Å². The van der Waals surface area contributed by atoms with Gasteiger partial charge in [-0.1, -0.05) is 0 Å². The molecule has 33 heavy (non-hydrogen) atoms. The summed E-state index contributed by atoms with van der Waals surface area (Å²) < 4.78 is 24.0. The molecule has 1 saturated heterocycles. The van der Waals surface area contributed by atoms with Crippen LogP contribution in [-0.2, 0) is 38.2 Å². The molecule has 1 N–H and O–H groups in total. The Hall–Kier alpha value is -2.59. The van der Waals surface area contributed by atoms with Gasteiger partial charge in [0.05, 0.1) is 12.4 Å². The van der Waals surface area contributed by atoms with E-state index >= 15 is 0 Å². The molecule has 13 nitrogen and oxygen atoms in total. The van der Waals surface area contributed by atoms with Gasteiger partial charge in [-0.05, 0) is 12.8 Å². The normalized spacial score (nSPS) is 24.5. The molecule has 0 spiro atoms. The van der Waals surface area contributed by atoms with Crippen LogP contribution in [0.3, 0.4) is 0 Å². The molecule has 0 bridgehead atoms. The van der Waals surface area contributed by atoms with Gasteiger partial charge in [0.1, 0.15) is 12.7 Å². The molecular weight excluding hydrogens is 553 g/mol. The predicted molar refractivity (Wildman–Crippen MR) is 117 cm³/mol. The highest BCUT2D eigenvalue weighted by molar-refractivity contribution is 14.1. The van der Waals surface area contributed by atoms with E-state index in [-0.39, 0.29) is 12.7 Å². The molecule has 1 aliphatic carbocycles. The summed E-state index contributed by atoms with van der Waals surface area (Å²) in [5.41, 5.74) is 3.62. The Labute approximate surface area is 201 Å². The van der Waals surface area contributed by atoms with Gasteiger partial charge < -0.3 is 18.9 Å². The first-order valence-electron chi connectivity index (χ1n) is 10.2. The van der Waals surface area contributed by atoms with Crippen molar-refractivity contribution in [2.75, 3.05) is 12.1 Å². The van der Waals surface area contributed by atoms with Gasteiger partial charge in [-0.25, -0.2) is 20.4 Å². The zero-order chi connectivity index (χ0) is 23.7. The number of esters is 3. The second-order valence-corrected chi connectivity index (χ2v) is 8.57. The van der Waals surface area contributed by atoms with Crippen LogP contribution in [0.5, 0.6) is 0 Å². The fraction of sp³-hybridized carbons (Fsp3) is 0.579. The standard InChI is InChI=1S/C19H22IN5O8/c1-8(26)29-6-12-14(30-9(2)27)15(31-10(3)28)18(32-12)25-7-21-13-16(24-33-11-4-5-11)22-19(20)23-17(13)25/h7,11-12,14-15,18H,4-6H2,1-3H3,(H,22,23,24). The van der Waals surface area contributed by atoms with Gasteiger partial charge in [-0.15, -0.1) is 0 Å². The van der Waals surface area contributed by atoms with Crippen LogP contribution in [0.1, 0.15) is 39.8 Å². The molecule has 3 heterocycles. The molecule has 4 rings (SSSR count). The van der Waals surface area contributed by atoms with Crippen molar-refractivity contribution < 1.29 is 38.2 Å². The third kappa shape index (κ3) is 5.50. The Balaban J connectivity index is 1.70. The number of ether oxygens (including phenoxy) is 4. The zero-order valence-electron chi connectivity index (χ0n) is 18.0. The number of rotatable bonds is 8. The fourth-order valence-electron chi connectivity index (χ4n) is 3.39. The average Bonchev–Trinajstić information content (AvgIpc) is 3.39. The van der Waals surface area contributed by atoms with Crippen LogP contribution in [0.15, 0.2) is 6.33 Å². The number of hydrogen-bond donors (Lipinski definition) is 1. The van der Waals surface area contributed by atoms with Gasteiger partial charge in [0.2, 0.25) is 0 Å². The van der Waals surface area contributed by atoms with Crippen LogP contribution in [0, 0.1) is 3.83 Å². The lowest BCUT2D eigenvalue weighted by Crippen LogP contribution is -2.40. The number of carbonyl (C=O) groups is 3. The Morgan fingerprint density at radius 1 is 1.12 bits per heavy atom. The van der Waals surface area contributed by atoms with Gasteiger partial charge in [-0.3, -0.25) is 23.8 Å². The Morgan fingerprint density at radius 3 is 2.45 bits per heavy atom. The van der Waals surface area contributed by atoms with Crippen molar-refractivity contribution in [2.45, 2.75) is 64.3 Å². The number of fused-ring (bicyclic) bond motifs is 1. The number of anilines is 1. The minimum absolute atomic E-state index is 0.132. The minimum Gasteiger partial charge on any atom is -0.463 e. The van der Waals surface area contributed by atoms with Crippen molar-refractivity contribution in [2.24, 2.45) is 0 Å². The Morgan fingerprint density at radius 2 is 1.82 bits per heavy atom. The predicted octanol–water partition coefficient (Wildman–Crippen LogP) is 1.26. The van der Waals surface area contributed by atoms with Crippen molar-refractivity contribution in [3.8, 4) is 0 Å². The molecule has 2 aromatic rings. The van der Waals surface area contributed by atoms with Crippen molar-refractivity contribution in [3.63, 3.8) is 0 Å². The molecule has 14 heteroatoms. The monoisotopic (exact) mass is 575 g/mol. The minimum atomic E-state index is -1.05. The van der Waals surface area contributed by atoms with E-state index in [1.807, 2.05) is 22.6 Å². The maximum Gasteiger partial charge on any atom is 0.303 e. The van der Waals surface area contributed by atoms with Crippen molar-refractivity contribution >= 4 is 57.5 Å². The third-order valence-corrected chi connectivity index (χ3v) is 5.34. The molecule has 0 radical (unpaired) electrons. The lowest BCUT2D eigenvalue weighted by molar-refractivity contribution is -0.166. The number of imidazole rings is 1. The second-order valence-electron chi connectivity index (χ2n) is 7.60. The smallest absolute Gasteiger partial charge is 0.303 e. The number of nitrogens with one attached hydrogen (secondary N) is 1. The first-order valence-corrected chi connectivity index (χ1v) is 11.3. The molecule has 0 aromatic carbocycles. The van der Waals surface area contributed by atoms with Crippen LogP contribution in [0.25, 0.3) is 11.2 Å². The van der Waals surface area contributed by atoms with E-state index in [4.69, 9.17) is 23.8 Å². The molecule has 4 atom stereocenters. The van der Waals surface area contributed by atoms with E-state index in [0.29, 0.717) is 20.8 Å². The molecular formula is C19H22IN5O8. The zero-order valence-corrected chi connectivity index (χ0v) is 20.2. The van der Waals surface area contributed by atoms with Crippen molar-refractivity contribution in [1.82, 2.24) is 19.5 Å². The molecule has 2 aliphatic rings. The fourth-order valence-corrected chi connectivity index (χ4v) is 3.86. The second kappa shape index (κ2) is 9.72. The van der Waals surface area contributed by atoms with Crippen molar-refractivity contribution in [1.29, 1.82) is 0 Å². The lowest BCUT2D eigenvalue weighted by Gasteiger charge is -2.23. The summed E-state index contributed by atoms with van der Waals surface area (Å²) in [6.45, 7) is 3.50. The van der Waals surface area contributed by atoms with Gasteiger partial charge in [0.15, 0.2) is 39.2 Å². The van der Waals surface area contributed by atoms with E-state index in [2.05, 4.69) is 20.4 Å². The summed E-state index contributed by atoms with van der Waals surface area (Å²) in [6.07, 6.45) is -0.401. The highest BCUT2D eigenvalue weighted by Gasteiger charge is 2.51. The summed E-state index contributed by atoms with van der Waals surface area (Å²) >= 11 is 1.96. The quantitative estimate of drug-likeness (QED) is 0.159. The maximum absolute atomic E-state index is 11.9. The van der Waals surface area contributed by atoms with E-state index in [1.165, 1.54) is 27.1 Å². The van der Waals surface area contributed by atoms with Crippen LogP contribution in [0.2, 0.25) is 0 Å². The largest absolute Gasteiger partial charge is 0.463 e. The molecule has 1 saturated carbocycles. The third-order valence-electron chi connectivity index (χ3n) is 4.86. The Kier molecular flexibility index (Phi) is 6.94. The van der Waals surface area contributed by atoms with E-state index in [1.54, 1.807) is 4.57 Å². The molecule has 2 aromatic heterocycles. The lowest BCUT2D eigenvalue weighted by atomic mass is 10.1. The molecule has 4 unspecified atom stereocenters. The Bertz CT molecular complexity index is 1070.